The average molecular weight is 282 g/mol. The monoisotopic (exact) mass is 281 g/mol. The molecule has 1 aromatic rings. The van der Waals surface area contributed by atoms with E-state index in [-0.39, 0.29) is 16.6 Å². The third kappa shape index (κ3) is 2.64. The van der Waals surface area contributed by atoms with Gasteiger partial charge in [0.25, 0.3) is 0 Å². The fourth-order valence-electron chi connectivity index (χ4n) is 1.14. The second-order valence-electron chi connectivity index (χ2n) is 3.06. The molecule has 84 valence electrons. The highest BCUT2D eigenvalue weighted by Gasteiger charge is 2.22. The van der Waals surface area contributed by atoms with Gasteiger partial charge >= 0.3 is 0 Å². The zero-order chi connectivity index (χ0) is 11.6. The van der Waals surface area contributed by atoms with Crippen LogP contribution in [0.4, 0.5) is 14.5 Å². The maximum atomic E-state index is 13.0. The van der Waals surface area contributed by atoms with Gasteiger partial charge in [-0.25, -0.2) is 8.78 Å². The van der Waals surface area contributed by atoms with Crippen LogP contribution in [-0.4, -0.2) is 21.6 Å². The minimum absolute atomic E-state index is 0.0751. The standard InChI is InChI=1S/C9H10BrF2NO2/c10-3-7(14)9(15)5-1-4(11)2-6(12)8(5)13/h1-2,7,9,14-15H,3,13H2. The molecule has 15 heavy (non-hydrogen) atoms. The zero-order valence-electron chi connectivity index (χ0n) is 7.62. The summed E-state index contributed by atoms with van der Waals surface area (Å²) >= 11 is 2.94. The molecule has 0 aliphatic heterocycles. The molecule has 6 heteroatoms. The average Bonchev–Trinajstić information content (AvgIpc) is 2.21. The fourth-order valence-corrected chi connectivity index (χ4v) is 1.50. The molecule has 0 aliphatic rings. The van der Waals surface area contributed by atoms with Crippen molar-refractivity contribution < 1.29 is 19.0 Å². The van der Waals surface area contributed by atoms with Crippen LogP contribution in [0.2, 0.25) is 0 Å². The first-order chi connectivity index (χ1) is 6.97. The van der Waals surface area contributed by atoms with E-state index < -0.39 is 23.8 Å². The lowest BCUT2D eigenvalue weighted by atomic mass is 10.0. The number of anilines is 1. The maximum absolute atomic E-state index is 13.0. The lowest BCUT2D eigenvalue weighted by Gasteiger charge is -2.17. The van der Waals surface area contributed by atoms with Gasteiger partial charge in [-0.3, -0.25) is 0 Å². The molecule has 0 bridgehead atoms. The number of aliphatic hydroxyl groups excluding tert-OH is 2. The highest BCUT2D eigenvalue weighted by atomic mass is 79.9. The second-order valence-corrected chi connectivity index (χ2v) is 3.70. The maximum Gasteiger partial charge on any atom is 0.149 e. The Kier molecular flexibility index (Phi) is 4.01. The first kappa shape index (κ1) is 12.4. The Morgan fingerprint density at radius 2 is 1.93 bits per heavy atom. The van der Waals surface area contributed by atoms with Gasteiger partial charge in [0.05, 0.1) is 11.8 Å². The summed E-state index contributed by atoms with van der Waals surface area (Å²) in [5.41, 5.74) is 4.81. The number of hydrogen-bond acceptors (Lipinski definition) is 3. The van der Waals surface area contributed by atoms with Crippen molar-refractivity contribution in [2.75, 3.05) is 11.1 Å². The van der Waals surface area contributed by atoms with Gasteiger partial charge in [-0.1, -0.05) is 15.9 Å². The summed E-state index contributed by atoms with van der Waals surface area (Å²) in [6.45, 7) is 0. The van der Waals surface area contributed by atoms with Crippen molar-refractivity contribution in [1.29, 1.82) is 0 Å². The Balaban J connectivity index is 3.13. The number of halogens is 3. The Labute approximate surface area is 93.7 Å². The molecule has 2 unspecified atom stereocenters. The number of benzene rings is 1. The van der Waals surface area contributed by atoms with Gasteiger partial charge in [-0.2, -0.15) is 0 Å². The van der Waals surface area contributed by atoms with E-state index in [1.807, 2.05) is 0 Å². The minimum atomic E-state index is -1.42. The predicted octanol–water partition coefficient (Wildman–Crippen LogP) is 1.34. The van der Waals surface area contributed by atoms with E-state index in [0.29, 0.717) is 6.07 Å². The van der Waals surface area contributed by atoms with Crippen LogP contribution in [0.15, 0.2) is 12.1 Å². The molecule has 3 nitrogen and oxygen atoms in total. The lowest BCUT2D eigenvalue weighted by Crippen LogP contribution is -2.21. The number of alkyl halides is 1. The van der Waals surface area contributed by atoms with E-state index in [9.17, 15) is 19.0 Å². The number of nitrogen functional groups attached to an aromatic ring is 1. The quantitative estimate of drug-likeness (QED) is 0.579. The van der Waals surface area contributed by atoms with Gasteiger partial charge in [0.15, 0.2) is 0 Å². The topological polar surface area (TPSA) is 66.5 Å². The van der Waals surface area contributed by atoms with Crippen molar-refractivity contribution in [2.24, 2.45) is 0 Å². The summed E-state index contributed by atoms with van der Waals surface area (Å²) in [5.74, 6) is -1.80. The molecule has 2 atom stereocenters. The molecule has 0 saturated carbocycles. The van der Waals surface area contributed by atoms with Gasteiger partial charge in [-0.05, 0) is 6.07 Å². The van der Waals surface area contributed by atoms with Crippen LogP contribution >= 0.6 is 15.9 Å². The molecule has 0 amide bonds. The highest BCUT2D eigenvalue weighted by Crippen LogP contribution is 2.27. The van der Waals surface area contributed by atoms with E-state index in [1.54, 1.807) is 0 Å². The highest BCUT2D eigenvalue weighted by molar-refractivity contribution is 9.09. The first-order valence-electron chi connectivity index (χ1n) is 4.14. The number of rotatable bonds is 3. The largest absolute Gasteiger partial charge is 0.396 e. The van der Waals surface area contributed by atoms with Gasteiger partial charge in [0.1, 0.15) is 17.7 Å². The van der Waals surface area contributed by atoms with Crippen molar-refractivity contribution in [3.63, 3.8) is 0 Å². The third-order valence-corrected chi connectivity index (χ3v) is 2.63. The summed E-state index contributed by atoms with van der Waals surface area (Å²) in [6, 6.07) is 1.51. The van der Waals surface area contributed by atoms with Crippen molar-refractivity contribution in [1.82, 2.24) is 0 Å². The second kappa shape index (κ2) is 4.87. The van der Waals surface area contributed by atoms with E-state index in [4.69, 9.17) is 5.73 Å². The molecular weight excluding hydrogens is 272 g/mol. The van der Waals surface area contributed by atoms with Crippen LogP contribution in [0.1, 0.15) is 11.7 Å². The Morgan fingerprint density at radius 1 is 1.33 bits per heavy atom. The molecule has 0 spiro atoms. The fraction of sp³-hybridized carbons (Fsp3) is 0.333. The normalized spacial score (nSPS) is 15.0. The minimum Gasteiger partial charge on any atom is -0.396 e. The Morgan fingerprint density at radius 3 is 2.47 bits per heavy atom. The van der Waals surface area contributed by atoms with Crippen LogP contribution in [0.5, 0.6) is 0 Å². The lowest BCUT2D eigenvalue weighted by molar-refractivity contribution is 0.0344. The molecule has 4 N–H and O–H groups in total. The summed E-state index contributed by atoms with van der Waals surface area (Å²) in [6.07, 6.45) is -2.59. The van der Waals surface area contributed by atoms with Gasteiger partial charge in [0.2, 0.25) is 0 Å². The molecule has 0 fully saturated rings. The molecule has 1 aromatic carbocycles. The summed E-state index contributed by atoms with van der Waals surface area (Å²) in [4.78, 5) is 0. The van der Waals surface area contributed by atoms with Gasteiger partial charge < -0.3 is 15.9 Å². The van der Waals surface area contributed by atoms with Crippen LogP contribution in [0.3, 0.4) is 0 Å². The molecule has 1 rings (SSSR count). The van der Waals surface area contributed by atoms with E-state index in [2.05, 4.69) is 15.9 Å². The number of aliphatic hydroxyl groups is 2. The van der Waals surface area contributed by atoms with Crippen LogP contribution in [0.25, 0.3) is 0 Å². The van der Waals surface area contributed by atoms with Crippen molar-refractivity contribution in [2.45, 2.75) is 12.2 Å². The molecule has 0 saturated heterocycles. The summed E-state index contributed by atoms with van der Waals surface area (Å²) < 4.78 is 25.8. The smallest absolute Gasteiger partial charge is 0.149 e. The molecular formula is C9H10BrF2NO2. The van der Waals surface area contributed by atoms with E-state index >= 15 is 0 Å². The Bertz CT molecular complexity index is 362. The first-order valence-corrected chi connectivity index (χ1v) is 5.26. The van der Waals surface area contributed by atoms with Crippen LogP contribution < -0.4 is 5.73 Å². The van der Waals surface area contributed by atoms with Crippen molar-refractivity contribution in [3.8, 4) is 0 Å². The molecule has 0 aliphatic carbocycles. The molecule has 0 heterocycles. The number of hydrogen-bond donors (Lipinski definition) is 3. The van der Waals surface area contributed by atoms with E-state index in [0.717, 1.165) is 6.07 Å². The van der Waals surface area contributed by atoms with Crippen LogP contribution in [0, 0.1) is 11.6 Å². The Hall–Kier alpha value is -0.720. The third-order valence-electron chi connectivity index (χ3n) is 1.97. The summed E-state index contributed by atoms with van der Waals surface area (Å²) in [5, 5.41) is 18.9. The van der Waals surface area contributed by atoms with Gasteiger partial charge in [-0.15, -0.1) is 0 Å². The SMILES string of the molecule is Nc1c(F)cc(F)cc1C(O)C(O)CBr. The molecule has 0 aromatic heterocycles. The zero-order valence-corrected chi connectivity index (χ0v) is 9.21. The van der Waals surface area contributed by atoms with Crippen molar-refractivity contribution in [3.05, 3.63) is 29.3 Å². The molecule has 0 radical (unpaired) electrons. The predicted molar refractivity (Wildman–Crippen MR) is 55.5 cm³/mol. The van der Waals surface area contributed by atoms with E-state index in [1.165, 1.54) is 0 Å². The van der Waals surface area contributed by atoms with Crippen molar-refractivity contribution >= 4 is 21.6 Å². The van der Waals surface area contributed by atoms with Gasteiger partial charge in [0, 0.05) is 17.0 Å². The number of nitrogens with two attached hydrogens (primary N) is 1. The van der Waals surface area contributed by atoms with Crippen LogP contribution in [-0.2, 0) is 0 Å². The summed E-state index contributed by atoms with van der Waals surface area (Å²) in [7, 11) is 0.